The van der Waals surface area contributed by atoms with Gasteiger partial charge in [0.2, 0.25) is 17.3 Å². The van der Waals surface area contributed by atoms with E-state index in [1.54, 1.807) is 19.9 Å². The number of nitro groups is 1. The first-order valence-corrected chi connectivity index (χ1v) is 9.77. The second-order valence-electron chi connectivity index (χ2n) is 6.75. The molecule has 0 radical (unpaired) electrons. The number of phenolic OH excluding ortho intramolecular Hbond substituents is 1. The molecular weight excluding hydrogens is 438 g/mol. The summed E-state index contributed by atoms with van der Waals surface area (Å²) in [5, 5.41) is 30.9. The van der Waals surface area contributed by atoms with E-state index in [0.717, 1.165) is 18.2 Å². The van der Waals surface area contributed by atoms with Gasteiger partial charge in [0.1, 0.15) is 17.4 Å². The van der Waals surface area contributed by atoms with Gasteiger partial charge < -0.3 is 24.2 Å². The first-order valence-electron chi connectivity index (χ1n) is 9.77. The van der Waals surface area contributed by atoms with Crippen molar-refractivity contribution in [2.45, 2.75) is 33.8 Å². The summed E-state index contributed by atoms with van der Waals surface area (Å²) in [5.74, 6) is -3.22. The second kappa shape index (κ2) is 10.3. The molecule has 0 saturated carbocycles. The van der Waals surface area contributed by atoms with Gasteiger partial charge in [-0.15, -0.1) is 0 Å². The highest BCUT2D eigenvalue weighted by Crippen LogP contribution is 2.38. The Balaban J connectivity index is 2.42. The summed E-state index contributed by atoms with van der Waals surface area (Å²) in [7, 11) is 0. The predicted octanol–water partition coefficient (Wildman–Crippen LogP) is 2.81. The molecule has 12 nitrogen and oxygen atoms in total. The fraction of sp³-hybridized carbons (Fsp3) is 0.333. The number of carbonyl (C=O) groups is 3. The zero-order chi connectivity index (χ0) is 24.9. The number of ketones is 1. The number of likely N-dealkylation sites (N-methyl/N-ethyl adjacent to an activating group) is 1. The molecule has 1 aliphatic heterocycles. The van der Waals surface area contributed by atoms with Gasteiger partial charge in [-0.05, 0) is 45.4 Å². The zero-order valence-corrected chi connectivity index (χ0v) is 18.3. The van der Waals surface area contributed by atoms with Crippen LogP contribution in [0.2, 0.25) is 0 Å². The Morgan fingerprint density at radius 2 is 1.97 bits per heavy atom. The van der Waals surface area contributed by atoms with Crippen molar-refractivity contribution in [3.05, 3.63) is 44.9 Å². The number of nitriles is 1. The number of phenols is 1. The molecule has 2 rings (SSSR count). The second-order valence-corrected chi connectivity index (χ2v) is 6.75. The minimum absolute atomic E-state index is 0.0462. The molecule has 0 bridgehead atoms. The highest BCUT2D eigenvalue weighted by Gasteiger charge is 2.34. The van der Waals surface area contributed by atoms with Gasteiger partial charge in [-0.3, -0.25) is 19.7 Å². The predicted molar refractivity (Wildman–Crippen MR) is 112 cm³/mol. The molecule has 1 unspecified atom stereocenters. The number of amides is 1. The van der Waals surface area contributed by atoms with E-state index in [1.165, 1.54) is 18.7 Å². The van der Waals surface area contributed by atoms with Crippen molar-refractivity contribution in [3.8, 4) is 17.6 Å². The summed E-state index contributed by atoms with van der Waals surface area (Å²) in [6, 6.07) is 3.65. The van der Waals surface area contributed by atoms with Gasteiger partial charge >= 0.3 is 11.8 Å². The van der Waals surface area contributed by atoms with Crippen molar-refractivity contribution in [2.75, 3.05) is 13.1 Å². The fourth-order valence-electron chi connectivity index (χ4n) is 2.95. The van der Waals surface area contributed by atoms with Crippen molar-refractivity contribution in [3.63, 3.8) is 0 Å². The molecule has 1 aromatic carbocycles. The van der Waals surface area contributed by atoms with E-state index in [0.29, 0.717) is 13.1 Å². The highest BCUT2D eigenvalue weighted by atomic mass is 16.7. The molecule has 1 aliphatic rings. The molecule has 1 N–H and O–H groups in total. The lowest BCUT2D eigenvalue weighted by molar-refractivity contribution is -0.385. The van der Waals surface area contributed by atoms with E-state index >= 15 is 0 Å². The molecule has 33 heavy (non-hydrogen) atoms. The van der Waals surface area contributed by atoms with Gasteiger partial charge in [-0.1, -0.05) is 0 Å². The number of ether oxygens (including phenoxy) is 3. The normalized spacial score (nSPS) is 15.5. The number of hydrogen-bond acceptors (Lipinski definition) is 10. The molecule has 1 aromatic rings. The maximum absolute atomic E-state index is 12.5. The lowest BCUT2D eigenvalue weighted by atomic mass is 10.1. The Labute approximate surface area is 188 Å². The first kappa shape index (κ1) is 24.9. The number of carbonyl (C=O) groups excluding carboxylic acids is 3. The van der Waals surface area contributed by atoms with E-state index < -0.39 is 51.8 Å². The summed E-state index contributed by atoms with van der Waals surface area (Å²) in [5.41, 5.74) is -1.23. The SMILES string of the molecule is CCN(CC)C(=O)/C(C#N)=C/c1cc(OC(=O)OC2=C(C)OC(C)C2=O)c(O)c([N+](=O)[O-])c1. The molecule has 174 valence electrons. The van der Waals surface area contributed by atoms with Crippen LogP contribution in [0.5, 0.6) is 11.5 Å². The number of hydrogen-bond donors (Lipinski definition) is 1. The Morgan fingerprint density at radius 1 is 1.33 bits per heavy atom. The molecule has 1 heterocycles. The van der Waals surface area contributed by atoms with Crippen LogP contribution in [0.4, 0.5) is 10.5 Å². The maximum atomic E-state index is 12.5. The smallest absolute Gasteiger partial charge is 0.499 e. The highest BCUT2D eigenvalue weighted by molar-refractivity contribution is 6.02. The van der Waals surface area contributed by atoms with Crippen LogP contribution < -0.4 is 4.74 Å². The van der Waals surface area contributed by atoms with Crippen molar-refractivity contribution >= 4 is 29.6 Å². The maximum Gasteiger partial charge on any atom is 0.519 e. The van der Waals surface area contributed by atoms with E-state index in [9.17, 15) is 34.9 Å². The van der Waals surface area contributed by atoms with Crippen LogP contribution in [-0.4, -0.2) is 52.0 Å². The van der Waals surface area contributed by atoms with Crippen molar-refractivity contribution in [2.24, 2.45) is 0 Å². The van der Waals surface area contributed by atoms with Crippen LogP contribution >= 0.6 is 0 Å². The van der Waals surface area contributed by atoms with Gasteiger partial charge in [0.15, 0.2) is 11.9 Å². The molecule has 1 atom stereocenters. The summed E-state index contributed by atoms with van der Waals surface area (Å²) < 4.78 is 14.8. The number of rotatable bonds is 7. The van der Waals surface area contributed by atoms with Gasteiger partial charge in [0, 0.05) is 19.2 Å². The standard InChI is InChI=1S/C21H21N3O9/c1-5-23(6-2)20(27)14(10-22)7-13-8-15(24(29)30)18(26)16(9-13)32-21(28)33-19-12(4)31-11(3)17(19)25/h7-9,11,26H,5-6H2,1-4H3/b14-7+. The monoisotopic (exact) mass is 459 g/mol. The number of nitro benzene ring substituents is 1. The van der Waals surface area contributed by atoms with Crippen LogP contribution in [0.1, 0.15) is 33.3 Å². The van der Waals surface area contributed by atoms with Gasteiger partial charge in [-0.2, -0.15) is 5.26 Å². The van der Waals surface area contributed by atoms with Gasteiger partial charge in [0.25, 0.3) is 5.91 Å². The lowest BCUT2D eigenvalue weighted by Gasteiger charge is -2.17. The number of aromatic hydroxyl groups is 1. The Morgan fingerprint density at radius 3 is 2.45 bits per heavy atom. The fourth-order valence-corrected chi connectivity index (χ4v) is 2.95. The quantitative estimate of drug-likeness (QED) is 0.160. The minimum Gasteiger partial charge on any atom is -0.499 e. The number of nitrogens with zero attached hydrogens (tertiary/aromatic N) is 3. The zero-order valence-electron chi connectivity index (χ0n) is 18.3. The summed E-state index contributed by atoms with van der Waals surface area (Å²) in [6.45, 7) is 6.95. The van der Waals surface area contributed by atoms with Crippen LogP contribution in [0.3, 0.4) is 0 Å². The minimum atomic E-state index is -1.46. The van der Waals surface area contributed by atoms with Gasteiger partial charge in [0.05, 0.1) is 4.92 Å². The molecular formula is C21H21N3O9. The molecule has 0 aliphatic carbocycles. The summed E-state index contributed by atoms with van der Waals surface area (Å²) in [4.78, 5) is 48.4. The molecule has 0 saturated heterocycles. The third-order valence-corrected chi connectivity index (χ3v) is 4.63. The summed E-state index contributed by atoms with van der Waals surface area (Å²) in [6.07, 6.45) is -1.25. The number of Topliss-reactive ketones (excluding diaryl/α,β-unsaturated/α-hetero) is 1. The van der Waals surface area contributed by atoms with Crippen molar-refractivity contribution < 1.29 is 38.6 Å². The van der Waals surface area contributed by atoms with E-state index in [2.05, 4.69) is 0 Å². The first-order chi connectivity index (χ1) is 15.5. The summed E-state index contributed by atoms with van der Waals surface area (Å²) >= 11 is 0. The van der Waals surface area contributed by atoms with Crippen molar-refractivity contribution in [1.82, 2.24) is 4.90 Å². The molecule has 12 heteroatoms. The van der Waals surface area contributed by atoms with Crippen LogP contribution in [0.25, 0.3) is 6.08 Å². The Hall–Kier alpha value is -4.40. The number of benzene rings is 1. The third-order valence-electron chi connectivity index (χ3n) is 4.63. The van der Waals surface area contributed by atoms with Crippen LogP contribution in [0, 0.1) is 21.4 Å². The van der Waals surface area contributed by atoms with Crippen LogP contribution in [-0.2, 0) is 19.1 Å². The molecule has 0 fully saturated rings. The average molecular weight is 459 g/mol. The van der Waals surface area contributed by atoms with E-state index in [-0.39, 0.29) is 16.9 Å². The van der Waals surface area contributed by atoms with E-state index in [4.69, 9.17) is 14.2 Å². The van der Waals surface area contributed by atoms with Crippen LogP contribution in [0.15, 0.2) is 29.2 Å². The largest absolute Gasteiger partial charge is 0.519 e. The average Bonchev–Trinajstić information content (AvgIpc) is 3.00. The Bertz CT molecular complexity index is 1110. The molecule has 0 spiro atoms. The lowest BCUT2D eigenvalue weighted by Crippen LogP contribution is -2.31. The molecule has 1 amide bonds. The third kappa shape index (κ3) is 5.45. The Kier molecular flexibility index (Phi) is 7.74. The van der Waals surface area contributed by atoms with Gasteiger partial charge in [-0.25, -0.2) is 4.79 Å². The van der Waals surface area contributed by atoms with Crippen molar-refractivity contribution in [1.29, 1.82) is 5.26 Å². The topological polar surface area (TPSA) is 169 Å². The van der Waals surface area contributed by atoms with E-state index in [1.807, 2.05) is 0 Å². The molecule has 0 aromatic heterocycles. The number of allylic oxidation sites excluding steroid dienone is 1.